The van der Waals surface area contributed by atoms with E-state index in [0.717, 1.165) is 0 Å². The third-order valence-corrected chi connectivity index (χ3v) is 3.74. The molecule has 2 aromatic rings. The van der Waals surface area contributed by atoms with E-state index < -0.39 is 11.7 Å². The summed E-state index contributed by atoms with van der Waals surface area (Å²) in [4.78, 5) is 22.4. The van der Waals surface area contributed by atoms with Crippen LogP contribution in [0.5, 0.6) is 5.75 Å². The minimum absolute atomic E-state index is 0.0414. The predicted octanol–water partition coefficient (Wildman–Crippen LogP) is 2.51. The third kappa shape index (κ3) is 3.05. The van der Waals surface area contributed by atoms with Crippen molar-refractivity contribution in [3.8, 4) is 5.75 Å². The van der Waals surface area contributed by atoms with Gasteiger partial charge in [-0.05, 0) is 24.8 Å². The van der Waals surface area contributed by atoms with E-state index in [0.29, 0.717) is 34.4 Å². The standard InChI is InChI=1S/C14H14ClNO5/c15-9-5-10-12(6-11(9)20-7-8-1-2-8)21-14(19)16(10)4-3-13(17)18/h5-6,8H,1-4,7H2,(H,17,18). The summed E-state index contributed by atoms with van der Waals surface area (Å²) in [5.41, 5.74) is 0.825. The number of rotatable bonds is 6. The highest BCUT2D eigenvalue weighted by Crippen LogP contribution is 2.33. The van der Waals surface area contributed by atoms with Crippen LogP contribution in [-0.2, 0) is 11.3 Å². The molecule has 0 amide bonds. The van der Waals surface area contributed by atoms with Crippen molar-refractivity contribution in [1.82, 2.24) is 4.57 Å². The van der Waals surface area contributed by atoms with Crippen LogP contribution in [0.25, 0.3) is 11.1 Å². The molecular weight excluding hydrogens is 298 g/mol. The molecule has 0 bridgehead atoms. The number of carboxylic acids is 1. The smallest absolute Gasteiger partial charge is 0.419 e. The van der Waals surface area contributed by atoms with Gasteiger partial charge in [0.05, 0.1) is 23.6 Å². The van der Waals surface area contributed by atoms with Gasteiger partial charge in [-0.3, -0.25) is 9.36 Å². The van der Waals surface area contributed by atoms with Crippen LogP contribution in [-0.4, -0.2) is 22.2 Å². The normalized spacial score (nSPS) is 14.5. The van der Waals surface area contributed by atoms with E-state index in [1.165, 1.54) is 17.4 Å². The van der Waals surface area contributed by atoms with Gasteiger partial charge in [-0.25, -0.2) is 4.79 Å². The zero-order chi connectivity index (χ0) is 15.0. The quantitative estimate of drug-likeness (QED) is 0.886. The second-order valence-electron chi connectivity index (χ2n) is 5.17. The van der Waals surface area contributed by atoms with Crippen LogP contribution in [0, 0.1) is 5.92 Å². The van der Waals surface area contributed by atoms with Crippen molar-refractivity contribution >= 4 is 28.7 Å². The third-order valence-electron chi connectivity index (χ3n) is 3.44. The number of carbonyl (C=O) groups is 1. The Balaban J connectivity index is 1.91. The SMILES string of the molecule is O=C(O)CCn1c(=O)oc2cc(OCC3CC3)c(Cl)cc21. The Morgan fingerprint density at radius 2 is 2.24 bits per heavy atom. The summed E-state index contributed by atoms with van der Waals surface area (Å²) in [5, 5.41) is 9.09. The van der Waals surface area contributed by atoms with Gasteiger partial charge in [0.2, 0.25) is 0 Å². The molecule has 1 N–H and O–H groups in total. The molecule has 1 aromatic heterocycles. The Morgan fingerprint density at radius 3 is 2.90 bits per heavy atom. The maximum Gasteiger partial charge on any atom is 0.419 e. The molecule has 0 radical (unpaired) electrons. The number of benzene rings is 1. The summed E-state index contributed by atoms with van der Waals surface area (Å²) >= 11 is 6.15. The molecule has 6 nitrogen and oxygen atoms in total. The lowest BCUT2D eigenvalue weighted by atomic mass is 10.3. The molecule has 3 rings (SSSR count). The fraction of sp³-hybridized carbons (Fsp3) is 0.429. The maximum atomic E-state index is 11.8. The van der Waals surface area contributed by atoms with Gasteiger partial charge in [0.15, 0.2) is 5.58 Å². The number of fused-ring (bicyclic) bond motifs is 1. The van der Waals surface area contributed by atoms with Gasteiger partial charge in [0.25, 0.3) is 0 Å². The van der Waals surface area contributed by atoms with Gasteiger partial charge in [-0.15, -0.1) is 0 Å². The highest BCUT2D eigenvalue weighted by molar-refractivity contribution is 6.32. The Hall–Kier alpha value is -1.95. The highest BCUT2D eigenvalue weighted by Gasteiger charge is 2.23. The summed E-state index contributed by atoms with van der Waals surface area (Å²) in [5.74, 6) is -0.507. The first-order chi connectivity index (χ1) is 10.0. The van der Waals surface area contributed by atoms with Crippen LogP contribution in [0.1, 0.15) is 19.3 Å². The summed E-state index contributed by atoms with van der Waals surface area (Å²) in [6.45, 7) is 0.648. The molecule has 1 aliphatic rings. The monoisotopic (exact) mass is 311 g/mol. The molecule has 1 saturated carbocycles. The van der Waals surface area contributed by atoms with Crippen LogP contribution in [0.2, 0.25) is 5.02 Å². The van der Waals surface area contributed by atoms with Gasteiger partial charge in [0, 0.05) is 12.6 Å². The zero-order valence-corrected chi connectivity index (χ0v) is 11.9. The van der Waals surface area contributed by atoms with E-state index in [9.17, 15) is 9.59 Å². The van der Waals surface area contributed by atoms with Crippen molar-refractivity contribution in [2.24, 2.45) is 5.92 Å². The van der Waals surface area contributed by atoms with Crippen molar-refractivity contribution in [1.29, 1.82) is 0 Å². The molecule has 0 atom stereocenters. The summed E-state index contributed by atoms with van der Waals surface area (Å²) in [6.07, 6.45) is 2.17. The van der Waals surface area contributed by atoms with E-state index >= 15 is 0 Å². The zero-order valence-electron chi connectivity index (χ0n) is 11.2. The van der Waals surface area contributed by atoms with Gasteiger partial charge in [-0.2, -0.15) is 0 Å². The van der Waals surface area contributed by atoms with Gasteiger partial charge in [0.1, 0.15) is 5.75 Å². The number of aryl methyl sites for hydroxylation is 1. The maximum absolute atomic E-state index is 11.8. The molecule has 1 aliphatic carbocycles. The molecule has 0 aliphatic heterocycles. The first-order valence-electron chi connectivity index (χ1n) is 6.72. The first-order valence-corrected chi connectivity index (χ1v) is 7.10. The van der Waals surface area contributed by atoms with Crippen LogP contribution < -0.4 is 10.5 Å². The number of ether oxygens (including phenoxy) is 1. The molecular formula is C14H14ClNO5. The Morgan fingerprint density at radius 1 is 1.48 bits per heavy atom. The molecule has 112 valence electrons. The van der Waals surface area contributed by atoms with Gasteiger partial charge in [-0.1, -0.05) is 11.6 Å². The lowest BCUT2D eigenvalue weighted by Crippen LogP contribution is -2.16. The summed E-state index contributed by atoms with van der Waals surface area (Å²) in [6, 6.07) is 3.16. The molecule has 0 spiro atoms. The number of nitrogens with zero attached hydrogens (tertiary/aromatic N) is 1. The lowest BCUT2D eigenvalue weighted by Gasteiger charge is -2.07. The summed E-state index contributed by atoms with van der Waals surface area (Å²) in [7, 11) is 0. The molecule has 7 heteroatoms. The van der Waals surface area contributed by atoms with Crippen molar-refractivity contribution < 1.29 is 19.1 Å². The van der Waals surface area contributed by atoms with Crippen molar-refractivity contribution in [3.63, 3.8) is 0 Å². The molecule has 0 saturated heterocycles. The minimum atomic E-state index is -0.980. The van der Waals surface area contributed by atoms with E-state index in [4.69, 9.17) is 25.9 Å². The van der Waals surface area contributed by atoms with Crippen LogP contribution >= 0.6 is 11.6 Å². The fourth-order valence-corrected chi connectivity index (χ4v) is 2.30. The van der Waals surface area contributed by atoms with E-state index in [1.807, 2.05) is 0 Å². The van der Waals surface area contributed by atoms with E-state index in [1.54, 1.807) is 12.1 Å². The number of carboxylic acid groups (broad SMARTS) is 1. The largest absolute Gasteiger partial charge is 0.492 e. The topological polar surface area (TPSA) is 81.7 Å². The van der Waals surface area contributed by atoms with Crippen LogP contribution in [0.4, 0.5) is 0 Å². The number of hydrogen-bond acceptors (Lipinski definition) is 4. The second-order valence-corrected chi connectivity index (χ2v) is 5.58. The number of aromatic nitrogens is 1. The second kappa shape index (κ2) is 5.44. The van der Waals surface area contributed by atoms with Gasteiger partial charge < -0.3 is 14.3 Å². The molecule has 1 fully saturated rings. The predicted molar refractivity (Wildman–Crippen MR) is 76.0 cm³/mol. The molecule has 21 heavy (non-hydrogen) atoms. The number of halogens is 1. The molecule has 1 aromatic carbocycles. The number of aliphatic carboxylic acids is 1. The molecule has 1 heterocycles. The van der Waals surface area contributed by atoms with Crippen LogP contribution in [0.3, 0.4) is 0 Å². The van der Waals surface area contributed by atoms with Crippen molar-refractivity contribution in [2.75, 3.05) is 6.61 Å². The Labute approximate surface area is 124 Å². The van der Waals surface area contributed by atoms with Crippen LogP contribution in [0.15, 0.2) is 21.3 Å². The van der Waals surface area contributed by atoms with E-state index in [2.05, 4.69) is 0 Å². The number of hydrogen-bond donors (Lipinski definition) is 1. The van der Waals surface area contributed by atoms with Gasteiger partial charge >= 0.3 is 11.7 Å². The first kappa shape index (κ1) is 14.0. The Kier molecular flexibility index (Phi) is 3.63. The number of oxazole rings is 1. The average Bonchev–Trinajstić information content (AvgIpc) is 3.19. The Bertz CT molecular complexity index is 744. The lowest BCUT2D eigenvalue weighted by molar-refractivity contribution is -0.137. The molecule has 0 unspecified atom stereocenters. The van der Waals surface area contributed by atoms with Crippen molar-refractivity contribution in [3.05, 3.63) is 27.7 Å². The summed E-state index contributed by atoms with van der Waals surface area (Å²) < 4.78 is 12.0. The van der Waals surface area contributed by atoms with E-state index in [-0.39, 0.29) is 13.0 Å². The van der Waals surface area contributed by atoms with Crippen molar-refractivity contribution in [2.45, 2.75) is 25.8 Å². The highest BCUT2D eigenvalue weighted by atomic mass is 35.5. The average molecular weight is 312 g/mol. The fourth-order valence-electron chi connectivity index (χ4n) is 2.09. The minimum Gasteiger partial charge on any atom is -0.492 e.